The van der Waals surface area contributed by atoms with Crippen LogP contribution in [-0.4, -0.2) is 11.5 Å². The van der Waals surface area contributed by atoms with Gasteiger partial charge in [-0.1, -0.05) is 48.5 Å². The van der Waals surface area contributed by atoms with Crippen LogP contribution < -0.4 is 0 Å². The maximum Gasteiger partial charge on any atom is 0.247 e. The van der Waals surface area contributed by atoms with Crippen molar-refractivity contribution in [3.63, 3.8) is 0 Å². The number of hydroxylamine groups is 2. The fourth-order valence-electron chi connectivity index (χ4n) is 4.38. The lowest BCUT2D eigenvalue weighted by Crippen LogP contribution is -2.29. The lowest BCUT2D eigenvalue weighted by Gasteiger charge is -2.32. The van der Waals surface area contributed by atoms with Gasteiger partial charge in [0.05, 0.1) is 5.70 Å². The van der Waals surface area contributed by atoms with E-state index in [1.165, 1.54) is 44.0 Å². The number of aryl methyl sites for hydroxylation is 1. The standard InChI is InChI=1S/C23H19NO2/c25-15-24-23(6-3-13-26-24)18-8-7-17-10-11-20-19-5-2-1-4-16(19)9-12-21(20)22(17)14-18/h1-6,9-13,15,18H,7-8,14H2. The van der Waals surface area contributed by atoms with Crippen molar-refractivity contribution in [2.45, 2.75) is 19.3 Å². The van der Waals surface area contributed by atoms with E-state index in [-0.39, 0.29) is 5.92 Å². The molecule has 0 saturated heterocycles. The first kappa shape index (κ1) is 15.2. The van der Waals surface area contributed by atoms with Crippen LogP contribution in [0.25, 0.3) is 21.5 Å². The zero-order valence-electron chi connectivity index (χ0n) is 14.4. The molecule has 5 rings (SSSR count). The average molecular weight is 341 g/mol. The van der Waals surface area contributed by atoms with Crippen molar-refractivity contribution >= 4 is 28.0 Å². The molecule has 26 heavy (non-hydrogen) atoms. The highest BCUT2D eigenvalue weighted by molar-refractivity contribution is 6.08. The number of amides is 1. The quantitative estimate of drug-likeness (QED) is 0.490. The number of benzene rings is 3. The third-order valence-electron chi connectivity index (χ3n) is 5.64. The number of rotatable bonds is 2. The van der Waals surface area contributed by atoms with Gasteiger partial charge in [-0.2, -0.15) is 0 Å². The Kier molecular flexibility index (Phi) is 3.52. The monoisotopic (exact) mass is 341 g/mol. The van der Waals surface area contributed by atoms with Gasteiger partial charge in [-0.25, -0.2) is 0 Å². The van der Waals surface area contributed by atoms with E-state index < -0.39 is 0 Å². The maximum atomic E-state index is 11.3. The molecule has 3 aromatic rings. The maximum absolute atomic E-state index is 11.3. The molecule has 1 atom stereocenters. The van der Waals surface area contributed by atoms with Gasteiger partial charge in [0.25, 0.3) is 0 Å². The van der Waals surface area contributed by atoms with E-state index in [2.05, 4.69) is 48.5 Å². The highest BCUT2D eigenvalue weighted by Crippen LogP contribution is 2.38. The number of hydrogen-bond acceptors (Lipinski definition) is 2. The molecule has 128 valence electrons. The van der Waals surface area contributed by atoms with Gasteiger partial charge in [-0.3, -0.25) is 4.79 Å². The Morgan fingerprint density at radius 3 is 2.81 bits per heavy atom. The number of carbonyl (C=O) groups is 1. The van der Waals surface area contributed by atoms with Gasteiger partial charge in [0, 0.05) is 5.92 Å². The molecule has 3 aromatic carbocycles. The van der Waals surface area contributed by atoms with Crippen molar-refractivity contribution in [3.8, 4) is 0 Å². The summed E-state index contributed by atoms with van der Waals surface area (Å²) in [6.07, 6.45) is 9.13. The lowest BCUT2D eigenvalue weighted by atomic mass is 9.79. The van der Waals surface area contributed by atoms with E-state index in [0.29, 0.717) is 0 Å². The van der Waals surface area contributed by atoms with Crippen LogP contribution in [0.15, 0.2) is 72.6 Å². The lowest BCUT2D eigenvalue weighted by molar-refractivity contribution is -0.146. The van der Waals surface area contributed by atoms with Crippen LogP contribution in [0, 0.1) is 5.92 Å². The summed E-state index contributed by atoms with van der Waals surface area (Å²) in [7, 11) is 0. The van der Waals surface area contributed by atoms with Gasteiger partial charge >= 0.3 is 0 Å². The molecule has 0 spiro atoms. The Bertz CT molecular complexity index is 1080. The van der Waals surface area contributed by atoms with E-state index >= 15 is 0 Å². The molecule has 1 unspecified atom stereocenters. The fourth-order valence-corrected chi connectivity index (χ4v) is 4.38. The van der Waals surface area contributed by atoms with Gasteiger partial charge in [0.1, 0.15) is 6.26 Å². The van der Waals surface area contributed by atoms with Gasteiger partial charge < -0.3 is 4.84 Å². The normalized spacial score (nSPS) is 19.2. The van der Waals surface area contributed by atoms with Gasteiger partial charge in [0.15, 0.2) is 0 Å². The van der Waals surface area contributed by atoms with Crippen molar-refractivity contribution in [2.24, 2.45) is 5.92 Å². The summed E-state index contributed by atoms with van der Waals surface area (Å²) in [5.41, 5.74) is 3.78. The van der Waals surface area contributed by atoms with Gasteiger partial charge in [-0.15, -0.1) is 5.06 Å². The smallest absolute Gasteiger partial charge is 0.247 e. The van der Waals surface area contributed by atoms with Crippen LogP contribution in [0.4, 0.5) is 0 Å². The minimum Gasteiger partial charge on any atom is -0.380 e. The highest BCUT2D eigenvalue weighted by Gasteiger charge is 2.28. The van der Waals surface area contributed by atoms with Crippen LogP contribution >= 0.6 is 0 Å². The van der Waals surface area contributed by atoms with Crippen molar-refractivity contribution in [2.75, 3.05) is 0 Å². The van der Waals surface area contributed by atoms with Crippen LogP contribution in [0.2, 0.25) is 0 Å². The molecular weight excluding hydrogens is 322 g/mol. The largest absolute Gasteiger partial charge is 0.380 e. The molecule has 3 heteroatoms. The zero-order chi connectivity index (χ0) is 17.5. The first-order valence-electron chi connectivity index (χ1n) is 9.05. The molecule has 0 fully saturated rings. The van der Waals surface area contributed by atoms with Crippen LogP contribution in [0.5, 0.6) is 0 Å². The van der Waals surface area contributed by atoms with Crippen LogP contribution in [0.3, 0.4) is 0 Å². The molecule has 0 aromatic heterocycles. The summed E-state index contributed by atoms with van der Waals surface area (Å²) in [5, 5.41) is 6.57. The number of fused-ring (bicyclic) bond motifs is 5. The Morgan fingerprint density at radius 2 is 1.88 bits per heavy atom. The Morgan fingerprint density at radius 1 is 1.00 bits per heavy atom. The Balaban J connectivity index is 1.63. The summed E-state index contributed by atoms with van der Waals surface area (Å²) in [5.74, 6) is 0.287. The topological polar surface area (TPSA) is 29.5 Å². The fraction of sp³-hybridized carbons (Fsp3) is 0.174. The predicted molar refractivity (Wildman–Crippen MR) is 103 cm³/mol. The molecular formula is C23H19NO2. The van der Waals surface area contributed by atoms with Crippen molar-refractivity contribution in [3.05, 3.63) is 83.8 Å². The molecule has 3 nitrogen and oxygen atoms in total. The molecule has 1 aliphatic heterocycles. The van der Waals surface area contributed by atoms with E-state index in [4.69, 9.17) is 4.84 Å². The summed E-state index contributed by atoms with van der Waals surface area (Å²) >= 11 is 0. The SMILES string of the molecule is O=CN1OC=CC=C1C1CCc2ccc3c(ccc4ccccc43)c2C1. The van der Waals surface area contributed by atoms with Crippen molar-refractivity contribution in [1.29, 1.82) is 0 Å². The third kappa shape index (κ3) is 2.31. The van der Waals surface area contributed by atoms with Crippen molar-refractivity contribution < 1.29 is 9.63 Å². The molecule has 1 heterocycles. The summed E-state index contributed by atoms with van der Waals surface area (Å²) in [6, 6.07) is 17.6. The van der Waals surface area contributed by atoms with E-state index in [0.717, 1.165) is 31.4 Å². The zero-order valence-corrected chi connectivity index (χ0v) is 14.4. The Hall–Kier alpha value is -3.07. The first-order chi connectivity index (χ1) is 12.8. The van der Waals surface area contributed by atoms with E-state index in [1.807, 2.05) is 12.2 Å². The highest BCUT2D eigenvalue weighted by atomic mass is 16.7. The minimum atomic E-state index is 0.287. The minimum absolute atomic E-state index is 0.287. The van der Waals surface area contributed by atoms with Gasteiger partial charge in [-0.05, 0) is 64.1 Å². The second kappa shape index (κ2) is 6.03. The number of nitrogens with zero attached hydrogens (tertiary/aromatic N) is 1. The second-order valence-corrected chi connectivity index (χ2v) is 6.98. The summed E-state index contributed by atoms with van der Waals surface area (Å²) in [6.45, 7) is 0. The first-order valence-corrected chi connectivity index (χ1v) is 9.05. The predicted octanol–water partition coefficient (Wildman–Crippen LogP) is 4.90. The van der Waals surface area contributed by atoms with E-state index in [9.17, 15) is 4.79 Å². The number of hydrogen-bond donors (Lipinski definition) is 0. The molecule has 1 amide bonds. The second-order valence-electron chi connectivity index (χ2n) is 6.98. The average Bonchev–Trinajstić information content (AvgIpc) is 2.72. The molecule has 0 N–H and O–H groups in total. The molecule has 2 aliphatic rings. The molecule has 0 saturated carbocycles. The van der Waals surface area contributed by atoms with E-state index in [1.54, 1.807) is 0 Å². The molecule has 0 radical (unpaired) electrons. The number of carbonyl (C=O) groups excluding carboxylic acids is 1. The van der Waals surface area contributed by atoms with Crippen LogP contribution in [-0.2, 0) is 22.5 Å². The summed E-state index contributed by atoms with van der Waals surface area (Å²) < 4.78 is 0. The van der Waals surface area contributed by atoms with Crippen LogP contribution in [0.1, 0.15) is 17.5 Å². The molecule has 0 bridgehead atoms. The Labute approximate surface area is 152 Å². The van der Waals surface area contributed by atoms with Gasteiger partial charge in [0.2, 0.25) is 6.41 Å². The van der Waals surface area contributed by atoms with Crippen molar-refractivity contribution in [1.82, 2.24) is 5.06 Å². The number of allylic oxidation sites excluding steroid dienone is 3. The summed E-state index contributed by atoms with van der Waals surface area (Å²) in [4.78, 5) is 16.7. The molecule has 1 aliphatic carbocycles. The third-order valence-corrected chi connectivity index (χ3v) is 5.64.